The molecular formula is C19H20N2S. The van der Waals surface area contributed by atoms with E-state index in [1.165, 1.54) is 16.0 Å². The van der Waals surface area contributed by atoms with Crippen LogP contribution < -0.4 is 5.32 Å². The van der Waals surface area contributed by atoms with Crippen LogP contribution >= 0.6 is 11.3 Å². The van der Waals surface area contributed by atoms with E-state index in [4.69, 9.17) is 0 Å². The summed E-state index contributed by atoms with van der Waals surface area (Å²) in [6.45, 7) is 4.39. The lowest BCUT2D eigenvalue weighted by molar-refractivity contribution is 0.513. The largest absolute Gasteiger partial charge is 0.297 e. The van der Waals surface area contributed by atoms with E-state index in [1.807, 2.05) is 35.7 Å². The molecule has 3 aromatic rings. The van der Waals surface area contributed by atoms with Crippen molar-refractivity contribution in [1.82, 2.24) is 10.3 Å². The van der Waals surface area contributed by atoms with Gasteiger partial charge < -0.3 is 0 Å². The lowest BCUT2D eigenvalue weighted by Gasteiger charge is -2.23. The minimum Gasteiger partial charge on any atom is -0.297 e. The molecule has 0 amide bonds. The Morgan fingerprint density at radius 3 is 2.41 bits per heavy atom. The maximum absolute atomic E-state index is 4.55. The van der Waals surface area contributed by atoms with Gasteiger partial charge >= 0.3 is 0 Å². The van der Waals surface area contributed by atoms with E-state index in [9.17, 15) is 0 Å². The minimum absolute atomic E-state index is 0.0962. The van der Waals surface area contributed by atoms with Gasteiger partial charge in [-0.3, -0.25) is 10.3 Å². The second-order valence-corrected chi connectivity index (χ2v) is 6.40. The number of hydrogen-bond donors (Lipinski definition) is 1. The highest BCUT2D eigenvalue weighted by Gasteiger charge is 2.19. The van der Waals surface area contributed by atoms with Crippen molar-refractivity contribution in [1.29, 1.82) is 0 Å². The fourth-order valence-corrected chi connectivity index (χ4v) is 3.64. The lowest BCUT2D eigenvalue weighted by Crippen LogP contribution is -2.26. The molecule has 2 atom stereocenters. The maximum Gasteiger partial charge on any atom is 0.0756 e. The number of rotatable bonds is 5. The van der Waals surface area contributed by atoms with Gasteiger partial charge in [-0.05, 0) is 48.6 Å². The molecule has 0 radical (unpaired) electrons. The van der Waals surface area contributed by atoms with Crippen molar-refractivity contribution in [3.05, 3.63) is 87.9 Å². The predicted molar refractivity (Wildman–Crippen MR) is 93.1 cm³/mol. The van der Waals surface area contributed by atoms with Gasteiger partial charge in [-0.1, -0.05) is 36.4 Å². The highest BCUT2D eigenvalue weighted by Crippen LogP contribution is 2.28. The van der Waals surface area contributed by atoms with Crippen molar-refractivity contribution in [3.63, 3.8) is 0 Å². The number of pyridine rings is 1. The van der Waals surface area contributed by atoms with Crippen molar-refractivity contribution in [2.75, 3.05) is 0 Å². The Kier molecular flexibility index (Phi) is 4.66. The number of aromatic nitrogens is 1. The molecule has 0 aliphatic carbocycles. The topological polar surface area (TPSA) is 24.9 Å². The Hall–Kier alpha value is -1.97. The third kappa shape index (κ3) is 3.26. The summed E-state index contributed by atoms with van der Waals surface area (Å²) in [5.41, 5.74) is 3.63. The van der Waals surface area contributed by atoms with E-state index in [0.29, 0.717) is 0 Å². The van der Waals surface area contributed by atoms with Crippen LogP contribution in [0.25, 0.3) is 0 Å². The molecule has 3 heteroatoms. The Morgan fingerprint density at radius 2 is 1.77 bits per heavy atom. The zero-order chi connectivity index (χ0) is 15.4. The Balaban J connectivity index is 1.91. The minimum atomic E-state index is 0.0962. The van der Waals surface area contributed by atoms with Gasteiger partial charge in [-0.2, -0.15) is 0 Å². The summed E-state index contributed by atoms with van der Waals surface area (Å²) in [5, 5.41) is 5.89. The molecule has 1 aromatic carbocycles. The van der Waals surface area contributed by atoms with Crippen LogP contribution in [-0.4, -0.2) is 4.98 Å². The quantitative estimate of drug-likeness (QED) is 0.725. The first kappa shape index (κ1) is 14.9. The number of nitrogens with one attached hydrogen (secondary N) is 1. The molecule has 2 heterocycles. The second kappa shape index (κ2) is 6.86. The van der Waals surface area contributed by atoms with Crippen LogP contribution in [0, 0.1) is 6.92 Å². The summed E-state index contributed by atoms with van der Waals surface area (Å²) in [4.78, 5) is 5.94. The lowest BCUT2D eigenvalue weighted by atomic mass is 10.0. The molecule has 0 spiro atoms. The normalized spacial score (nSPS) is 13.7. The summed E-state index contributed by atoms with van der Waals surface area (Å²) in [5.74, 6) is 0. The average Bonchev–Trinajstić information content (AvgIpc) is 3.00. The van der Waals surface area contributed by atoms with E-state index < -0.39 is 0 Å². The van der Waals surface area contributed by atoms with Gasteiger partial charge in [0.05, 0.1) is 11.7 Å². The Labute approximate surface area is 135 Å². The number of benzene rings is 1. The van der Waals surface area contributed by atoms with Crippen LogP contribution in [0.3, 0.4) is 0 Å². The summed E-state index contributed by atoms with van der Waals surface area (Å²) in [7, 11) is 0. The molecule has 2 aromatic heterocycles. The average molecular weight is 308 g/mol. The van der Waals surface area contributed by atoms with Crippen LogP contribution in [0.15, 0.2) is 66.2 Å². The summed E-state index contributed by atoms with van der Waals surface area (Å²) in [6.07, 6.45) is 1.86. The van der Waals surface area contributed by atoms with Gasteiger partial charge in [-0.15, -0.1) is 11.3 Å². The number of aryl methyl sites for hydroxylation is 1. The smallest absolute Gasteiger partial charge is 0.0756 e. The van der Waals surface area contributed by atoms with E-state index in [0.717, 1.165) is 5.69 Å². The maximum atomic E-state index is 4.55. The van der Waals surface area contributed by atoms with Crippen LogP contribution in [-0.2, 0) is 0 Å². The molecule has 0 aliphatic rings. The fraction of sp³-hybridized carbons (Fsp3) is 0.211. The Morgan fingerprint density at radius 1 is 1.00 bits per heavy atom. The van der Waals surface area contributed by atoms with Crippen molar-refractivity contribution in [2.24, 2.45) is 0 Å². The first-order chi connectivity index (χ1) is 10.8. The molecule has 3 rings (SSSR count). The number of thiophene rings is 1. The van der Waals surface area contributed by atoms with Gasteiger partial charge in [0.2, 0.25) is 0 Å². The molecular weight excluding hydrogens is 288 g/mol. The first-order valence-electron chi connectivity index (χ1n) is 7.51. The molecule has 0 aliphatic heterocycles. The monoisotopic (exact) mass is 308 g/mol. The van der Waals surface area contributed by atoms with Crippen molar-refractivity contribution < 1.29 is 0 Å². The van der Waals surface area contributed by atoms with Crippen LogP contribution in [0.4, 0.5) is 0 Å². The highest BCUT2D eigenvalue weighted by atomic mass is 32.1. The Bertz CT molecular complexity index is 667. The molecule has 112 valence electrons. The summed E-state index contributed by atoms with van der Waals surface area (Å²) < 4.78 is 0. The molecule has 22 heavy (non-hydrogen) atoms. The zero-order valence-corrected chi connectivity index (χ0v) is 13.7. The molecule has 0 fully saturated rings. The third-order valence-electron chi connectivity index (χ3n) is 3.83. The zero-order valence-electron chi connectivity index (χ0n) is 12.9. The summed E-state index contributed by atoms with van der Waals surface area (Å²) in [6, 6.07) is 19.1. The standard InChI is InChI=1S/C19H20N2S/c1-14-11-13-22-19(14)15(2)21-18(16-8-4-3-5-9-16)17-10-6-7-12-20-17/h3-13,15,18,21H,1-2H3/t15-,18+/m1/s1. The van der Waals surface area contributed by atoms with Gasteiger partial charge in [0, 0.05) is 17.1 Å². The van der Waals surface area contributed by atoms with Crippen molar-refractivity contribution in [2.45, 2.75) is 25.9 Å². The molecule has 1 N–H and O–H groups in total. The number of hydrogen-bond acceptors (Lipinski definition) is 3. The predicted octanol–water partition coefficient (Wildman–Crippen LogP) is 4.89. The van der Waals surface area contributed by atoms with E-state index in [1.54, 1.807) is 0 Å². The second-order valence-electron chi connectivity index (χ2n) is 5.45. The van der Waals surface area contributed by atoms with Crippen LogP contribution in [0.2, 0.25) is 0 Å². The molecule has 0 bridgehead atoms. The fourth-order valence-electron chi connectivity index (χ4n) is 2.70. The SMILES string of the molecule is Cc1ccsc1[C@@H](C)N[C@@H](c1ccccc1)c1ccccn1. The number of nitrogens with zero attached hydrogens (tertiary/aromatic N) is 1. The van der Waals surface area contributed by atoms with E-state index in [-0.39, 0.29) is 12.1 Å². The van der Waals surface area contributed by atoms with Gasteiger partial charge in [0.1, 0.15) is 0 Å². The van der Waals surface area contributed by atoms with Gasteiger partial charge in [-0.25, -0.2) is 0 Å². The molecule has 0 unspecified atom stereocenters. The van der Waals surface area contributed by atoms with E-state index >= 15 is 0 Å². The highest BCUT2D eigenvalue weighted by molar-refractivity contribution is 7.10. The molecule has 0 saturated carbocycles. The summed E-state index contributed by atoms with van der Waals surface area (Å²) >= 11 is 1.81. The molecule has 0 saturated heterocycles. The van der Waals surface area contributed by atoms with Crippen LogP contribution in [0.5, 0.6) is 0 Å². The van der Waals surface area contributed by atoms with Crippen molar-refractivity contribution in [3.8, 4) is 0 Å². The van der Waals surface area contributed by atoms with Gasteiger partial charge in [0.25, 0.3) is 0 Å². The van der Waals surface area contributed by atoms with E-state index in [2.05, 4.69) is 65.9 Å². The van der Waals surface area contributed by atoms with Crippen molar-refractivity contribution >= 4 is 11.3 Å². The van der Waals surface area contributed by atoms with Crippen LogP contribution in [0.1, 0.15) is 40.7 Å². The first-order valence-corrected chi connectivity index (χ1v) is 8.39. The molecule has 2 nitrogen and oxygen atoms in total. The third-order valence-corrected chi connectivity index (χ3v) is 5.03. The van der Waals surface area contributed by atoms with Gasteiger partial charge in [0.15, 0.2) is 0 Å².